The third-order valence-electron chi connectivity index (χ3n) is 4.03. The predicted molar refractivity (Wildman–Crippen MR) is 104 cm³/mol. The van der Waals surface area contributed by atoms with Crippen LogP contribution in [0.5, 0.6) is 11.5 Å². The van der Waals surface area contributed by atoms with Crippen LogP contribution in [0, 0.1) is 10.1 Å². The second kappa shape index (κ2) is 8.13. The van der Waals surface area contributed by atoms with Crippen molar-refractivity contribution in [3.8, 4) is 11.5 Å². The third kappa shape index (κ3) is 4.15. The van der Waals surface area contributed by atoms with Crippen molar-refractivity contribution in [3.63, 3.8) is 0 Å². The number of amides is 2. The quantitative estimate of drug-likeness (QED) is 0.412. The van der Waals surface area contributed by atoms with Crippen LogP contribution in [-0.4, -0.2) is 35.2 Å². The molecular weight excluding hydrogens is 384 g/mol. The zero-order valence-corrected chi connectivity index (χ0v) is 15.9. The number of hydrogen-bond donors (Lipinski definition) is 0. The molecule has 0 saturated carbocycles. The van der Waals surface area contributed by atoms with Gasteiger partial charge in [0.1, 0.15) is 11.5 Å². The van der Waals surface area contributed by atoms with Crippen molar-refractivity contribution in [3.05, 3.63) is 68.6 Å². The molecule has 144 valence electrons. The van der Waals surface area contributed by atoms with Crippen LogP contribution in [-0.2, 0) is 11.3 Å². The number of nitrogens with zero attached hydrogens (tertiary/aromatic N) is 2. The molecule has 28 heavy (non-hydrogen) atoms. The van der Waals surface area contributed by atoms with Crippen LogP contribution < -0.4 is 9.47 Å². The average molecular weight is 400 g/mol. The molecule has 0 unspecified atom stereocenters. The van der Waals surface area contributed by atoms with Gasteiger partial charge in [0.15, 0.2) is 0 Å². The first-order valence-electron chi connectivity index (χ1n) is 8.13. The summed E-state index contributed by atoms with van der Waals surface area (Å²) < 4.78 is 10.4. The highest BCUT2D eigenvalue weighted by molar-refractivity contribution is 8.18. The van der Waals surface area contributed by atoms with Gasteiger partial charge in [-0.3, -0.25) is 24.6 Å². The lowest BCUT2D eigenvalue weighted by Crippen LogP contribution is -2.27. The van der Waals surface area contributed by atoms with E-state index in [-0.39, 0.29) is 17.1 Å². The Morgan fingerprint density at radius 1 is 1.07 bits per heavy atom. The van der Waals surface area contributed by atoms with Crippen molar-refractivity contribution in [2.24, 2.45) is 0 Å². The third-order valence-corrected chi connectivity index (χ3v) is 4.94. The Kier molecular flexibility index (Phi) is 5.65. The number of hydrogen-bond acceptors (Lipinski definition) is 7. The van der Waals surface area contributed by atoms with Crippen molar-refractivity contribution in [1.29, 1.82) is 0 Å². The van der Waals surface area contributed by atoms with Gasteiger partial charge in [0, 0.05) is 18.2 Å². The van der Waals surface area contributed by atoms with Crippen LogP contribution in [0.2, 0.25) is 0 Å². The second-order valence-corrected chi connectivity index (χ2v) is 6.83. The normalized spacial score (nSPS) is 15.2. The van der Waals surface area contributed by atoms with Crippen LogP contribution in [0.25, 0.3) is 6.08 Å². The van der Waals surface area contributed by atoms with E-state index in [9.17, 15) is 19.7 Å². The van der Waals surface area contributed by atoms with Crippen molar-refractivity contribution >= 4 is 34.7 Å². The van der Waals surface area contributed by atoms with Gasteiger partial charge in [-0.05, 0) is 41.1 Å². The summed E-state index contributed by atoms with van der Waals surface area (Å²) in [5, 5.41) is 10.3. The van der Waals surface area contributed by atoms with Crippen LogP contribution in [0.15, 0.2) is 47.4 Å². The van der Waals surface area contributed by atoms with Gasteiger partial charge in [-0.1, -0.05) is 12.1 Å². The first-order chi connectivity index (χ1) is 13.4. The maximum atomic E-state index is 12.7. The molecule has 0 radical (unpaired) electrons. The number of nitro benzene ring substituents is 1. The molecule has 1 fully saturated rings. The number of imide groups is 1. The van der Waals surface area contributed by atoms with Crippen LogP contribution in [0.4, 0.5) is 10.5 Å². The molecule has 0 spiro atoms. The van der Waals surface area contributed by atoms with E-state index in [1.807, 2.05) is 0 Å². The minimum atomic E-state index is -0.505. The van der Waals surface area contributed by atoms with Gasteiger partial charge in [0.25, 0.3) is 16.8 Å². The largest absolute Gasteiger partial charge is 0.497 e. The molecule has 0 aromatic heterocycles. The second-order valence-electron chi connectivity index (χ2n) is 5.84. The number of methoxy groups -OCH3 is 2. The van der Waals surface area contributed by atoms with Gasteiger partial charge in [-0.2, -0.15) is 0 Å². The molecule has 9 heteroatoms. The van der Waals surface area contributed by atoms with Gasteiger partial charge < -0.3 is 9.47 Å². The minimum absolute atomic E-state index is 0.0431. The molecule has 1 saturated heterocycles. The molecule has 0 atom stereocenters. The fourth-order valence-corrected chi connectivity index (χ4v) is 3.44. The van der Waals surface area contributed by atoms with E-state index in [1.54, 1.807) is 24.3 Å². The van der Waals surface area contributed by atoms with Crippen molar-refractivity contribution in [2.45, 2.75) is 6.54 Å². The highest BCUT2D eigenvalue weighted by Crippen LogP contribution is 2.34. The van der Waals surface area contributed by atoms with E-state index in [0.717, 1.165) is 16.7 Å². The predicted octanol–water partition coefficient (Wildman–Crippen LogP) is 3.85. The van der Waals surface area contributed by atoms with Gasteiger partial charge in [-0.15, -0.1) is 0 Å². The molecule has 1 heterocycles. The number of non-ortho nitro benzene ring substituents is 1. The van der Waals surface area contributed by atoms with Crippen LogP contribution in [0.1, 0.15) is 11.1 Å². The molecule has 2 aromatic carbocycles. The number of ether oxygens (including phenoxy) is 2. The zero-order valence-electron chi connectivity index (χ0n) is 15.1. The van der Waals surface area contributed by atoms with Crippen molar-refractivity contribution < 1.29 is 24.0 Å². The average Bonchev–Trinajstić information content (AvgIpc) is 2.95. The first-order valence-corrected chi connectivity index (χ1v) is 8.94. The Morgan fingerprint density at radius 3 is 2.21 bits per heavy atom. The monoisotopic (exact) mass is 400 g/mol. The fraction of sp³-hybridized carbons (Fsp3) is 0.158. The molecule has 1 aliphatic rings. The Hall–Kier alpha value is -3.33. The smallest absolute Gasteiger partial charge is 0.293 e. The Bertz CT molecular complexity index is 949. The topological polar surface area (TPSA) is 99.0 Å². The summed E-state index contributed by atoms with van der Waals surface area (Å²) in [4.78, 5) is 36.5. The van der Waals surface area contributed by atoms with E-state index in [2.05, 4.69) is 0 Å². The number of nitro groups is 1. The van der Waals surface area contributed by atoms with Crippen molar-refractivity contribution in [1.82, 2.24) is 4.90 Å². The molecule has 8 nitrogen and oxygen atoms in total. The lowest BCUT2D eigenvalue weighted by molar-refractivity contribution is -0.384. The summed E-state index contributed by atoms with van der Waals surface area (Å²) in [5.74, 6) is 0.710. The maximum Gasteiger partial charge on any atom is 0.293 e. The van der Waals surface area contributed by atoms with Crippen molar-refractivity contribution in [2.75, 3.05) is 14.2 Å². The maximum absolute atomic E-state index is 12.7. The summed E-state index contributed by atoms with van der Waals surface area (Å²) in [5.41, 5.74) is 1.24. The first kappa shape index (κ1) is 19.4. The fourth-order valence-electron chi connectivity index (χ4n) is 2.61. The van der Waals surface area contributed by atoms with E-state index in [0.29, 0.717) is 22.6 Å². The van der Waals surface area contributed by atoms with Crippen LogP contribution >= 0.6 is 11.8 Å². The molecular formula is C19H16N2O6S. The molecule has 1 aliphatic heterocycles. The number of rotatable bonds is 6. The molecule has 3 rings (SSSR count). The molecule has 2 aromatic rings. The lowest BCUT2D eigenvalue weighted by Gasteiger charge is -2.12. The van der Waals surface area contributed by atoms with E-state index < -0.39 is 16.1 Å². The summed E-state index contributed by atoms with van der Waals surface area (Å²) in [6, 6.07) is 10.9. The zero-order chi connectivity index (χ0) is 20.3. The molecule has 0 bridgehead atoms. The number of thioether (sulfide) groups is 1. The summed E-state index contributed by atoms with van der Waals surface area (Å²) >= 11 is 0.840. The standard InChI is InChI=1S/C19H16N2O6S/c1-26-15-7-13(8-16(10-15)27-2)9-17-18(22)20(19(23)28-17)11-12-3-5-14(6-4-12)21(24)25/h3-10H,11H2,1-2H3. The highest BCUT2D eigenvalue weighted by atomic mass is 32.2. The van der Waals surface area contributed by atoms with Crippen LogP contribution in [0.3, 0.4) is 0 Å². The highest BCUT2D eigenvalue weighted by Gasteiger charge is 2.35. The number of carbonyl (C=O) groups is 2. The van der Waals surface area contributed by atoms with Gasteiger partial charge in [-0.25, -0.2) is 0 Å². The molecule has 0 aliphatic carbocycles. The Balaban J connectivity index is 1.81. The van der Waals surface area contributed by atoms with Gasteiger partial charge in [0.05, 0.1) is 30.6 Å². The minimum Gasteiger partial charge on any atom is -0.497 e. The summed E-state index contributed by atoms with van der Waals surface area (Å²) in [7, 11) is 3.05. The Labute approximate surface area is 164 Å². The molecule has 0 N–H and O–H groups in total. The van der Waals surface area contributed by atoms with E-state index >= 15 is 0 Å². The van der Waals surface area contributed by atoms with E-state index in [4.69, 9.17) is 9.47 Å². The summed E-state index contributed by atoms with van der Waals surface area (Å²) in [6.45, 7) is 0.0431. The SMILES string of the molecule is COc1cc(C=C2SC(=O)N(Cc3ccc([N+](=O)[O-])cc3)C2=O)cc(OC)c1. The summed E-state index contributed by atoms with van der Waals surface area (Å²) in [6.07, 6.45) is 1.60. The number of benzene rings is 2. The van der Waals surface area contributed by atoms with Gasteiger partial charge >= 0.3 is 0 Å². The lowest BCUT2D eigenvalue weighted by atomic mass is 10.1. The van der Waals surface area contributed by atoms with Gasteiger partial charge in [0.2, 0.25) is 0 Å². The number of carbonyl (C=O) groups excluding carboxylic acids is 2. The van der Waals surface area contributed by atoms with E-state index in [1.165, 1.54) is 38.5 Å². The Morgan fingerprint density at radius 2 is 1.68 bits per heavy atom. The molecule has 2 amide bonds.